The van der Waals surface area contributed by atoms with Gasteiger partial charge in [0.1, 0.15) is 10.6 Å². The van der Waals surface area contributed by atoms with Crippen molar-refractivity contribution in [2.75, 3.05) is 0 Å². The summed E-state index contributed by atoms with van der Waals surface area (Å²) in [6.45, 7) is 8.41. The standard InChI is InChI=1S/C13H20N2OS/c1-12(2)9-10(13(3,4)16-12)17-11(15-9)8(14)7-5-6-7/h7-8H,5-6,14H2,1-4H3. The van der Waals surface area contributed by atoms with Gasteiger partial charge in [0.15, 0.2) is 0 Å². The monoisotopic (exact) mass is 252 g/mol. The van der Waals surface area contributed by atoms with E-state index in [-0.39, 0.29) is 17.2 Å². The molecule has 17 heavy (non-hydrogen) atoms. The van der Waals surface area contributed by atoms with Crippen LogP contribution in [0, 0.1) is 5.92 Å². The van der Waals surface area contributed by atoms with Crippen LogP contribution in [0.4, 0.5) is 0 Å². The van der Waals surface area contributed by atoms with Gasteiger partial charge < -0.3 is 10.5 Å². The lowest BCUT2D eigenvalue weighted by Gasteiger charge is -2.25. The average molecular weight is 252 g/mol. The van der Waals surface area contributed by atoms with Crippen molar-refractivity contribution in [3.63, 3.8) is 0 Å². The van der Waals surface area contributed by atoms with Gasteiger partial charge in [0.05, 0.1) is 22.2 Å². The van der Waals surface area contributed by atoms with Gasteiger partial charge in [-0.1, -0.05) is 0 Å². The molecule has 2 N–H and O–H groups in total. The van der Waals surface area contributed by atoms with Crippen molar-refractivity contribution in [2.24, 2.45) is 11.7 Å². The Morgan fingerprint density at radius 2 is 1.94 bits per heavy atom. The number of rotatable bonds is 2. The van der Waals surface area contributed by atoms with Crippen LogP contribution < -0.4 is 5.73 Å². The van der Waals surface area contributed by atoms with Gasteiger partial charge in [-0.05, 0) is 46.5 Å². The summed E-state index contributed by atoms with van der Waals surface area (Å²) >= 11 is 1.75. The number of nitrogens with zero attached hydrogens (tertiary/aromatic N) is 1. The first-order valence-corrected chi connectivity index (χ1v) is 7.10. The molecule has 0 spiro atoms. The van der Waals surface area contributed by atoms with Crippen molar-refractivity contribution in [1.82, 2.24) is 4.98 Å². The summed E-state index contributed by atoms with van der Waals surface area (Å²) in [5, 5.41) is 1.10. The normalized spacial score (nSPS) is 26.9. The third-order valence-electron chi connectivity index (χ3n) is 3.69. The topological polar surface area (TPSA) is 48.1 Å². The molecule has 1 saturated carbocycles. The molecule has 3 rings (SSSR count). The van der Waals surface area contributed by atoms with E-state index in [0.717, 1.165) is 10.7 Å². The SMILES string of the molecule is CC1(C)OC(C)(C)c2sc(C(N)C3CC3)nc21. The van der Waals surface area contributed by atoms with Crippen LogP contribution in [0.15, 0.2) is 0 Å². The molecule has 1 aromatic rings. The molecular formula is C13H20N2OS. The van der Waals surface area contributed by atoms with Crippen LogP contribution in [-0.2, 0) is 15.9 Å². The number of ether oxygens (including phenoxy) is 1. The highest BCUT2D eigenvalue weighted by atomic mass is 32.1. The lowest BCUT2D eigenvalue weighted by Crippen LogP contribution is -2.24. The second kappa shape index (κ2) is 3.31. The minimum absolute atomic E-state index is 0.136. The fourth-order valence-corrected chi connectivity index (χ4v) is 4.04. The summed E-state index contributed by atoms with van der Waals surface area (Å²) in [5.41, 5.74) is 6.84. The summed E-state index contributed by atoms with van der Waals surface area (Å²) < 4.78 is 6.06. The van der Waals surface area contributed by atoms with Gasteiger partial charge >= 0.3 is 0 Å². The molecule has 1 unspecified atom stereocenters. The van der Waals surface area contributed by atoms with Crippen LogP contribution in [0.1, 0.15) is 62.2 Å². The summed E-state index contributed by atoms with van der Waals surface area (Å²) in [6.07, 6.45) is 2.52. The van der Waals surface area contributed by atoms with Gasteiger partial charge in [0.2, 0.25) is 0 Å². The number of fused-ring (bicyclic) bond motifs is 1. The Bertz CT molecular complexity index is 428. The Kier molecular flexibility index (Phi) is 2.26. The molecule has 1 aliphatic heterocycles. The molecule has 0 saturated heterocycles. The Morgan fingerprint density at radius 3 is 2.47 bits per heavy atom. The Balaban J connectivity index is 2.02. The molecule has 0 radical (unpaired) electrons. The van der Waals surface area contributed by atoms with Crippen LogP contribution in [0.25, 0.3) is 0 Å². The zero-order valence-corrected chi connectivity index (χ0v) is 11.7. The first-order chi connectivity index (χ1) is 7.81. The van der Waals surface area contributed by atoms with Crippen LogP contribution in [0.3, 0.4) is 0 Å². The number of aromatic nitrogens is 1. The fraction of sp³-hybridized carbons (Fsp3) is 0.769. The number of hydrogen-bond donors (Lipinski definition) is 1. The highest BCUT2D eigenvalue weighted by Crippen LogP contribution is 2.51. The fourth-order valence-electron chi connectivity index (χ4n) is 2.68. The minimum Gasteiger partial charge on any atom is -0.358 e. The third kappa shape index (κ3) is 1.74. The van der Waals surface area contributed by atoms with E-state index in [4.69, 9.17) is 15.5 Å². The highest BCUT2D eigenvalue weighted by Gasteiger charge is 2.47. The van der Waals surface area contributed by atoms with Crippen molar-refractivity contribution in [3.05, 3.63) is 15.6 Å². The molecule has 0 aromatic carbocycles. The van der Waals surface area contributed by atoms with E-state index in [1.54, 1.807) is 11.3 Å². The lowest BCUT2D eigenvalue weighted by atomic mass is 10.0. The van der Waals surface area contributed by atoms with Crippen molar-refractivity contribution < 1.29 is 4.74 Å². The predicted octanol–water partition coefficient (Wildman–Crippen LogP) is 3.05. The van der Waals surface area contributed by atoms with Gasteiger partial charge in [-0.15, -0.1) is 11.3 Å². The van der Waals surface area contributed by atoms with Crippen molar-refractivity contribution in [3.8, 4) is 0 Å². The summed E-state index contributed by atoms with van der Waals surface area (Å²) in [5.74, 6) is 0.661. The van der Waals surface area contributed by atoms with E-state index in [9.17, 15) is 0 Å². The maximum Gasteiger partial charge on any atom is 0.110 e. The van der Waals surface area contributed by atoms with Gasteiger partial charge in [0.25, 0.3) is 0 Å². The molecule has 0 bridgehead atoms. The van der Waals surface area contributed by atoms with Crippen LogP contribution >= 0.6 is 11.3 Å². The van der Waals surface area contributed by atoms with E-state index in [1.165, 1.54) is 17.7 Å². The molecule has 1 fully saturated rings. The molecule has 2 aliphatic rings. The van der Waals surface area contributed by atoms with Crippen molar-refractivity contribution in [1.29, 1.82) is 0 Å². The lowest BCUT2D eigenvalue weighted by molar-refractivity contribution is -0.105. The third-order valence-corrected chi connectivity index (χ3v) is 5.15. The summed E-state index contributed by atoms with van der Waals surface area (Å²) in [6, 6.07) is 0.136. The second-order valence-electron chi connectivity index (χ2n) is 6.22. The van der Waals surface area contributed by atoms with Gasteiger partial charge in [-0.3, -0.25) is 0 Å². The predicted molar refractivity (Wildman–Crippen MR) is 68.9 cm³/mol. The van der Waals surface area contributed by atoms with Crippen molar-refractivity contribution >= 4 is 11.3 Å². The molecule has 1 atom stereocenters. The molecule has 0 amide bonds. The molecular weight excluding hydrogens is 232 g/mol. The molecule has 3 nitrogen and oxygen atoms in total. The van der Waals surface area contributed by atoms with Gasteiger partial charge in [0, 0.05) is 0 Å². The van der Waals surface area contributed by atoms with Crippen LogP contribution in [0.2, 0.25) is 0 Å². The van der Waals surface area contributed by atoms with Crippen LogP contribution in [0.5, 0.6) is 0 Å². The molecule has 4 heteroatoms. The number of thiazole rings is 1. The van der Waals surface area contributed by atoms with Crippen molar-refractivity contribution in [2.45, 2.75) is 57.8 Å². The second-order valence-corrected chi connectivity index (χ2v) is 7.25. The zero-order chi connectivity index (χ0) is 12.4. The molecule has 94 valence electrons. The Labute approximate surface area is 106 Å². The molecule has 1 aliphatic carbocycles. The highest BCUT2D eigenvalue weighted by molar-refractivity contribution is 7.12. The number of nitrogens with two attached hydrogens (primary N) is 1. The zero-order valence-electron chi connectivity index (χ0n) is 10.9. The van der Waals surface area contributed by atoms with E-state index >= 15 is 0 Å². The quantitative estimate of drug-likeness (QED) is 0.880. The maximum absolute atomic E-state index is 6.25. The van der Waals surface area contributed by atoms with E-state index in [1.807, 2.05) is 0 Å². The number of hydrogen-bond acceptors (Lipinski definition) is 4. The molecule has 1 aromatic heterocycles. The van der Waals surface area contributed by atoms with E-state index in [0.29, 0.717) is 5.92 Å². The van der Waals surface area contributed by atoms with Gasteiger partial charge in [-0.25, -0.2) is 4.98 Å². The van der Waals surface area contributed by atoms with Crippen LogP contribution in [-0.4, -0.2) is 4.98 Å². The minimum atomic E-state index is -0.281. The summed E-state index contributed by atoms with van der Waals surface area (Å²) in [4.78, 5) is 6.03. The van der Waals surface area contributed by atoms with Gasteiger partial charge in [-0.2, -0.15) is 0 Å². The largest absolute Gasteiger partial charge is 0.358 e. The summed E-state index contributed by atoms with van der Waals surface area (Å²) in [7, 11) is 0. The first-order valence-electron chi connectivity index (χ1n) is 6.29. The Hall–Kier alpha value is -0.450. The Morgan fingerprint density at radius 1 is 1.29 bits per heavy atom. The maximum atomic E-state index is 6.25. The van der Waals surface area contributed by atoms with E-state index < -0.39 is 0 Å². The smallest absolute Gasteiger partial charge is 0.110 e. The van der Waals surface area contributed by atoms with E-state index in [2.05, 4.69) is 27.7 Å². The first kappa shape index (κ1) is 11.6. The average Bonchev–Trinajstić information content (AvgIpc) is 2.88. The molecule has 2 heterocycles.